The summed E-state index contributed by atoms with van der Waals surface area (Å²) < 4.78 is 11.5. The summed E-state index contributed by atoms with van der Waals surface area (Å²) in [6.45, 7) is 4.03. The Bertz CT molecular complexity index is 406. The first-order valence-corrected chi connectivity index (χ1v) is 6.63. The number of hydrogen-bond donors (Lipinski definition) is 1. The minimum atomic E-state index is -0.290. The van der Waals surface area contributed by atoms with E-state index in [1.807, 2.05) is 0 Å². The Labute approximate surface area is 108 Å². The number of nitrogens with zero attached hydrogens (tertiary/aromatic N) is 1. The van der Waals surface area contributed by atoms with Crippen molar-refractivity contribution in [3.63, 3.8) is 0 Å². The van der Waals surface area contributed by atoms with Crippen LogP contribution in [0.4, 0.5) is 5.69 Å². The molecule has 4 nitrogen and oxygen atoms in total. The molecule has 18 heavy (non-hydrogen) atoms. The molecule has 0 saturated carbocycles. The topological polar surface area (TPSA) is 47.7 Å². The van der Waals surface area contributed by atoms with Crippen LogP contribution in [0, 0.1) is 0 Å². The maximum atomic E-state index is 5.74. The van der Waals surface area contributed by atoms with E-state index in [4.69, 9.17) is 15.2 Å². The summed E-state index contributed by atoms with van der Waals surface area (Å²) in [6.07, 6.45) is 1.89. The molecule has 2 aliphatic rings. The van der Waals surface area contributed by atoms with Gasteiger partial charge in [0.15, 0.2) is 5.79 Å². The van der Waals surface area contributed by atoms with Gasteiger partial charge in [0.1, 0.15) is 0 Å². The number of benzene rings is 1. The van der Waals surface area contributed by atoms with E-state index in [0.717, 1.165) is 39.1 Å². The maximum Gasteiger partial charge on any atom is 0.171 e. The molecule has 1 aromatic carbocycles. The summed E-state index contributed by atoms with van der Waals surface area (Å²) in [6, 6.07) is 8.46. The molecule has 2 fully saturated rings. The van der Waals surface area contributed by atoms with E-state index in [2.05, 4.69) is 29.2 Å². The van der Waals surface area contributed by atoms with E-state index in [-0.39, 0.29) is 5.79 Å². The molecule has 0 atom stereocenters. The highest BCUT2D eigenvalue weighted by molar-refractivity contribution is 5.49. The van der Waals surface area contributed by atoms with Crippen molar-refractivity contribution >= 4 is 5.69 Å². The van der Waals surface area contributed by atoms with Crippen molar-refractivity contribution in [1.29, 1.82) is 0 Å². The molecule has 2 saturated heterocycles. The van der Waals surface area contributed by atoms with Crippen LogP contribution in [-0.2, 0) is 16.0 Å². The van der Waals surface area contributed by atoms with Crippen LogP contribution in [0.2, 0.25) is 0 Å². The normalized spacial score (nSPS) is 22.6. The largest absolute Gasteiger partial charge is 0.371 e. The molecular formula is C14H20N2O2. The van der Waals surface area contributed by atoms with Crippen LogP contribution in [0.1, 0.15) is 18.4 Å². The van der Waals surface area contributed by atoms with Gasteiger partial charge in [-0.3, -0.25) is 0 Å². The van der Waals surface area contributed by atoms with E-state index in [0.29, 0.717) is 6.54 Å². The summed E-state index contributed by atoms with van der Waals surface area (Å²) in [5.41, 5.74) is 8.12. The Hall–Kier alpha value is -1.10. The molecule has 2 aliphatic heterocycles. The fourth-order valence-corrected chi connectivity index (χ4v) is 2.77. The molecule has 0 radical (unpaired) electrons. The fourth-order valence-electron chi connectivity index (χ4n) is 2.77. The summed E-state index contributed by atoms with van der Waals surface area (Å²) >= 11 is 0. The second kappa shape index (κ2) is 4.88. The van der Waals surface area contributed by atoms with Crippen LogP contribution < -0.4 is 10.6 Å². The second-order valence-electron chi connectivity index (χ2n) is 4.97. The third-order valence-corrected chi connectivity index (χ3v) is 3.85. The Balaban J connectivity index is 1.68. The molecule has 0 aliphatic carbocycles. The van der Waals surface area contributed by atoms with E-state index >= 15 is 0 Å². The fraction of sp³-hybridized carbons (Fsp3) is 0.571. The number of anilines is 1. The summed E-state index contributed by atoms with van der Waals surface area (Å²) in [5.74, 6) is -0.290. The molecule has 1 spiro atoms. The first-order valence-electron chi connectivity index (χ1n) is 6.63. The van der Waals surface area contributed by atoms with Gasteiger partial charge in [0.05, 0.1) is 13.2 Å². The number of rotatable bonds is 2. The third-order valence-electron chi connectivity index (χ3n) is 3.85. The zero-order valence-electron chi connectivity index (χ0n) is 10.6. The van der Waals surface area contributed by atoms with Crippen molar-refractivity contribution in [1.82, 2.24) is 0 Å². The van der Waals surface area contributed by atoms with Crippen LogP contribution in [0.25, 0.3) is 0 Å². The average Bonchev–Trinajstić information content (AvgIpc) is 2.88. The lowest BCUT2D eigenvalue weighted by atomic mass is 10.0. The Kier molecular flexibility index (Phi) is 3.24. The van der Waals surface area contributed by atoms with Crippen molar-refractivity contribution in [2.24, 2.45) is 5.73 Å². The minimum Gasteiger partial charge on any atom is -0.371 e. The van der Waals surface area contributed by atoms with Gasteiger partial charge >= 0.3 is 0 Å². The Morgan fingerprint density at radius 2 is 1.89 bits per heavy atom. The van der Waals surface area contributed by atoms with Crippen LogP contribution in [0.3, 0.4) is 0 Å². The van der Waals surface area contributed by atoms with Gasteiger partial charge in [0.2, 0.25) is 0 Å². The summed E-state index contributed by atoms with van der Waals surface area (Å²) in [7, 11) is 0. The van der Waals surface area contributed by atoms with Crippen molar-refractivity contribution in [2.75, 3.05) is 31.2 Å². The highest BCUT2D eigenvalue weighted by Gasteiger charge is 2.39. The predicted molar refractivity (Wildman–Crippen MR) is 70.4 cm³/mol. The molecule has 4 heteroatoms. The van der Waals surface area contributed by atoms with Gasteiger partial charge in [-0.05, 0) is 17.7 Å². The number of nitrogens with two attached hydrogens (primary N) is 1. The van der Waals surface area contributed by atoms with Gasteiger partial charge in [0, 0.05) is 38.2 Å². The molecule has 2 heterocycles. The van der Waals surface area contributed by atoms with Crippen LogP contribution >= 0.6 is 0 Å². The molecule has 2 N–H and O–H groups in total. The molecule has 0 unspecified atom stereocenters. The SMILES string of the molecule is NCc1cccc(N2CCC3(CC2)OCCO3)c1. The lowest BCUT2D eigenvalue weighted by molar-refractivity contribution is -0.169. The lowest BCUT2D eigenvalue weighted by Gasteiger charge is -2.38. The van der Waals surface area contributed by atoms with Crippen molar-refractivity contribution in [2.45, 2.75) is 25.2 Å². The third kappa shape index (κ3) is 2.23. The minimum absolute atomic E-state index is 0.290. The van der Waals surface area contributed by atoms with Gasteiger partial charge in [-0.15, -0.1) is 0 Å². The molecular weight excluding hydrogens is 228 g/mol. The van der Waals surface area contributed by atoms with Gasteiger partial charge in [-0.2, -0.15) is 0 Å². The van der Waals surface area contributed by atoms with Gasteiger partial charge in [0.25, 0.3) is 0 Å². The molecule has 0 amide bonds. The van der Waals surface area contributed by atoms with E-state index in [1.165, 1.54) is 11.3 Å². The number of piperidine rings is 1. The van der Waals surface area contributed by atoms with Gasteiger partial charge in [-0.25, -0.2) is 0 Å². The molecule has 1 aromatic rings. The molecule has 0 aromatic heterocycles. The quantitative estimate of drug-likeness (QED) is 0.861. The zero-order chi connectivity index (χ0) is 12.4. The predicted octanol–water partition coefficient (Wildman–Crippen LogP) is 1.49. The smallest absolute Gasteiger partial charge is 0.171 e. The first kappa shape index (κ1) is 12.0. The summed E-state index contributed by atoms with van der Waals surface area (Å²) in [5, 5.41) is 0. The Morgan fingerprint density at radius 3 is 2.56 bits per heavy atom. The molecule has 98 valence electrons. The average molecular weight is 248 g/mol. The molecule has 0 bridgehead atoms. The Morgan fingerprint density at radius 1 is 1.17 bits per heavy atom. The van der Waals surface area contributed by atoms with Crippen LogP contribution in [0.15, 0.2) is 24.3 Å². The summed E-state index contributed by atoms with van der Waals surface area (Å²) in [4.78, 5) is 2.38. The van der Waals surface area contributed by atoms with E-state index in [9.17, 15) is 0 Å². The van der Waals surface area contributed by atoms with Crippen molar-refractivity contribution in [3.05, 3.63) is 29.8 Å². The van der Waals surface area contributed by atoms with E-state index in [1.54, 1.807) is 0 Å². The molecule has 3 rings (SSSR count). The second-order valence-corrected chi connectivity index (χ2v) is 4.97. The first-order chi connectivity index (χ1) is 8.81. The van der Waals surface area contributed by atoms with Crippen LogP contribution in [-0.4, -0.2) is 32.1 Å². The maximum absolute atomic E-state index is 5.74. The van der Waals surface area contributed by atoms with E-state index < -0.39 is 0 Å². The zero-order valence-corrected chi connectivity index (χ0v) is 10.6. The monoisotopic (exact) mass is 248 g/mol. The van der Waals surface area contributed by atoms with Gasteiger partial charge < -0.3 is 20.1 Å². The lowest BCUT2D eigenvalue weighted by Crippen LogP contribution is -2.45. The van der Waals surface area contributed by atoms with Crippen LogP contribution in [0.5, 0.6) is 0 Å². The highest BCUT2D eigenvalue weighted by atomic mass is 16.7. The number of hydrogen-bond acceptors (Lipinski definition) is 4. The standard InChI is InChI=1S/C14H20N2O2/c15-11-12-2-1-3-13(10-12)16-6-4-14(5-7-16)17-8-9-18-14/h1-3,10H,4-9,11,15H2. The highest BCUT2D eigenvalue weighted by Crippen LogP contribution is 2.33. The van der Waals surface area contributed by atoms with Crippen molar-refractivity contribution in [3.8, 4) is 0 Å². The van der Waals surface area contributed by atoms with Gasteiger partial charge in [-0.1, -0.05) is 12.1 Å². The van der Waals surface area contributed by atoms with Crippen molar-refractivity contribution < 1.29 is 9.47 Å². The number of ether oxygens (including phenoxy) is 2.